The molecule has 28 heavy (non-hydrogen) atoms. The minimum Gasteiger partial charge on any atom is -0.481 e. The summed E-state index contributed by atoms with van der Waals surface area (Å²) >= 11 is 0. The molecule has 1 aliphatic rings. The second kappa shape index (κ2) is 9.74. The SMILES string of the molecule is Cc1ccc(OC(C)C(=O)NCc2cccc(CN3CCCCC3)c2)c(C)c1. The number of nitrogens with zero attached hydrogens (tertiary/aromatic N) is 1. The number of hydrogen-bond acceptors (Lipinski definition) is 3. The molecule has 150 valence electrons. The summed E-state index contributed by atoms with van der Waals surface area (Å²) in [5.74, 6) is 0.665. The molecule has 1 unspecified atom stereocenters. The van der Waals surface area contributed by atoms with E-state index in [9.17, 15) is 4.79 Å². The molecule has 3 rings (SSSR count). The number of aryl methyl sites for hydroxylation is 2. The third-order valence-corrected chi connectivity index (χ3v) is 5.32. The molecule has 0 radical (unpaired) electrons. The zero-order chi connectivity index (χ0) is 19.9. The van der Waals surface area contributed by atoms with E-state index in [0.717, 1.165) is 23.4 Å². The van der Waals surface area contributed by atoms with Crippen molar-refractivity contribution in [1.82, 2.24) is 10.2 Å². The summed E-state index contributed by atoms with van der Waals surface area (Å²) in [5, 5.41) is 3.00. The first-order valence-electron chi connectivity index (χ1n) is 10.3. The van der Waals surface area contributed by atoms with Crippen molar-refractivity contribution in [3.63, 3.8) is 0 Å². The molecular formula is C24H32N2O2. The molecule has 0 spiro atoms. The molecule has 4 nitrogen and oxygen atoms in total. The molecule has 1 amide bonds. The van der Waals surface area contributed by atoms with Gasteiger partial charge in [0.15, 0.2) is 6.10 Å². The first kappa shape index (κ1) is 20.4. The Kier molecular flexibility index (Phi) is 7.10. The lowest BCUT2D eigenvalue weighted by molar-refractivity contribution is -0.127. The molecule has 0 aliphatic carbocycles. The fourth-order valence-corrected chi connectivity index (χ4v) is 3.72. The van der Waals surface area contributed by atoms with Crippen LogP contribution in [0.5, 0.6) is 5.75 Å². The van der Waals surface area contributed by atoms with E-state index in [1.54, 1.807) is 6.92 Å². The lowest BCUT2D eigenvalue weighted by atomic mass is 10.1. The highest BCUT2D eigenvalue weighted by atomic mass is 16.5. The van der Waals surface area contributed by atoms with E-state index >= 15 is 0 Å². The third kappa shape index (κ3) is 5.83. The highest BCUT2D eigenvalue weighted by Crippen LogP contribution is 2.20. The van der Waals surface area contributed by atoms with Crippen molar-refractivity contribution < 1.29 is 9.53 Å². The predicted molar refractivity (Wildman–Crippen MR) is 113 cm³/mol. The number of rotatable bonds is 7. The summed E-state index contributed by atoms with van der Waals surface area (Å²) in [5.41, 5.74) is 4.67. The normalized spacial score (nSPS) is 15.8. The number of hydrogen-bond donors (Lipinski definition) is 1. The van der Waals surface area contributed by atoms with Gasteiger partial charge in [-0.1, -0.05) is 48.4 Å². The van der Waals surface area contributed by atoms with Crippen molar-refractivity contribution >= 4 is 5.91 Å². The fraction of sp³-hybridized carbons (Fsp3) is 0.458. The van der Waals surface area contributed by atoms with Crippen molar-refractivity contribution in [1.29, 1.82) is 0 Å². The minimum atomic E-state index is -0.530. The molecule has 0 aromatic heterocycles. The molecule has 4 heteroatoms. The smallest absolute Gasteiger partial charge is 0.261 e. The molecule has 1 fully saturated rings. The average molecular weight is 381 g/mol. The Bertz CT molecular complexity index is 797. The third-order valence-electron chi connectivity index (χ3n) is 5.32. The Morgan fingerprint density at radius 1 is 1.07 bits per heavy atom. The first-order chi connectivity index (χ1) is 13.5. The summed E-state index contributed by atoms with van der Waals surface area (Å²) < 4.78 is 5.86. The zero-order valence-electron chi connectivity index (χ0n) is 17.3. The number of benzene rings is 2. The van der Waals surface area contributed by atoms with E-state index in [0.29, 0.717) is 6.54 Å². The maximum Gasteiger partial charge on any atom is 0.261 e. The van der Waals surface area contributed by atoms with E-state index in [1.165, 1.54) is 43.5 Å². The second-order valence-electron chi connectivity index (χ2n) is 7.90. The number of carbonyl (C=O) groups is 1. The van der Waals surface area contributed by atoms with E-state index in [1.807, 2.05) is 26.0 Å². The Morgan fingerprint density at radius 3 is 2.57 bits per heavy atom. The van der Waals surface area contributed by atoms with Gasteiger partial charge in [0.25, 0.3) is 5.91 Å². The van der Waals surface area contributed by atoms with Gasteiger partial charge in [-0.2, -0.15) is 0 Å². The number of piperidine rings is 1. The van der Waals surface area contributed by atoms with Gasteiger partial charge in [0.05, 0.1) is 0 Å². The summed E-state index contributed by atoms with van der Waals surface area (Å²) in [6, 6.07) is 14.5. The monoisotopic (exact) mass is 380 g/mol. The summed E-state index contributed by atoms with van der Waals surface area (Å²) in [6.07, 6.45) is 3.42. The number of carbonyl (C=O) groups excluding carboxylic acids is 1. The van der Waals surface area contributed by atoms with Gasteiger partial charge in [-0.3, -0.25) is 9.69 Å². The van der Waals surface area contributed by atoms with E-state index in [2.05, 4.69) is 40.5 Å². The maximum absolute atomic E-state index is 12.5. The molecule has 1 heterocycles. The molecule has 1 atom stereocenters. The second-order valence-corrected chi connectivity index (χ2v) is 7.90. The van der Waals surface area contributed by atoms with E-state index < -0.39 is 6.10 Å². The van der Waals surface area contributed by atoms with Gasteiger partial charge < -0.3 is 10.1 Å². The molecular weight excluding hydrogens is 348 g/mol. The van der Waals surface area contributed by atoms with Crippen molar-refractivity contribution in [2.24, 2.45) is 0 Å². The van der Waals surface area contributed by atoms with Crippen LogP contribution in [0.4, 0.5) is 0 Å². The van der Waals surface area contributed by atoms with Crippen LogP contribution in [-0.2, 0) is 17.9 Å². The van der Waals surface area contributed by atoms with Gasteiger partial charge in [0.2, 0.25) is 0 Å². The molecule has 1 saturated heterocycles. The lowest BCUT2D eigenvalue weighted by Crippen LogP contribution is -2.36. The van der Waals surface area contributed by atoms with E-state index in [4.69, 9.17) is 4.74 Å². The van der Waals surface area contributed by atoms with Crippen LogP contribution in [0.1, 0.15) is 48.4 Å². The van der Waals surface area contributed by atoms with Gasteiger partial charge in [-0.05, 0) is 69.5 Å². The van der Waals surface area contributed by atoms with Crippen molar-refractivity contribution in [2.45, 2.75) is 59.2 Å². The summed E-state index contributed by atoms with van der Waals surface area (Å²) in [7, 11) is 0. The topological polar surface area (TPSA) is 41.6 Å². The quantitative estimate of drug-likeness (QED) is 0.775. The van der Waals surface area contributed by atoms with Crippen molar-refractivity contribution in [3.05, 3.63) is 64.7 Å². The average Bonchev–Trinajstić information content (AvgIpc) is 2.69. The summed E-state index contributed by atoms with van der Waals surface area (Å²) in [4.78, 5) is 15.0. The number of likely N-dealkylation sites (tertiary alicyclic amines) is 1. The van der Waals surface area contributed by atoms with Crippen LogP contribution >= 0.6 is 0 Å². The van der Waals surface area contributed by atoms with Crippen LogP contribution in [0.3, 0.4) is 0 Å². The van der Waals surface area contributed by atoms with E-state index in [-0.39, 0.29) is 5.91 Å². The van der Waals surface area contributed by atoms with Crippen LogP contribution in [0.2, 0.25) is 0 Å². The maximum atomic E-state index is 12.5. The van der Waals surface area contributed by atoms with Crippen molar-refractivity contribution in [2.75, 3.05) is 13.1 Å². The minimum absolute atomic E-state index is 0.0959. The molecule has 2 aromatic carbocycles. The highest BCUT2D eigenvalue weighted by Gasteiger charge is 2.16. The molecule has 1 aliphatic heterocycles. The van der Waals surface area contributed by atoms with Gasteiger partial charge >= 0.3 is 0 Å². The first-order valence-corrected chi connectivity index (χ1v) is 10.3. The van der Waals surface area contributed by atoms with Crippen LogP contribution in [-0.4, -0.2) is 30.0 Å². The predicted octanol–water partition coefficient (Wildman–Crippen LogP) is 4.37. The van der Waals surface area contributed by atoms with Crippen LogP contribution < -0.4 is 10.1 Å². The number of amides is 1. The zero-order valence-corrected chi connectivity index (χ0v) is 17.3. The Labute approximate surface area is 168 Å². The van der Waals surface area contributed by atoms with Crippen LogP contribution in [0.15, 0.2) is 42.5 Å². The lowest BCUT2D eigenvalue weighted by Gasteiger charge is -2.26. The number of nitrogens with one attached hydrogen (secondary N) is 1. The highest BCUT2D eigenvalue weighted by molar-refractivity contribution is 5.80. The van der Waals surface area contributed by atoms with Gasteiger partial charge in [-0.15, -0.1) is 0 Å². The van der Waals surface area contributed by atoms with Crippen molar-refractivity contribution in [3.8, 4) is 5.75 Å². The summed E-state index contributed by atoms with van der Waals surface area (Å²) in [6.45, 7) is 9.73. The van der Waals surface area contributed by atoms with Gasteiger partial charge in [0.1, 0.15) is 5.75 Å². The van der Waals surface area contributed by atoms with Crippen LogP contribution in [0.25, 0.3) is 0 Å². The fourth-order valence-electron chi connectivity index (χ4n) is 3.72. The molecule has 1 N–H and O–H groups in total. The largest absolute Gasteiger partial charge is 0.481 e. The van der Waals surface area contributed by atoms with Crippen LogP contribution in [0, 0.1) is 13.8 Å². The Hall–Kier alpha value is -2.33. The molecule has 0 saturated carbocycles. The Morgan fingerprint density at radius 2 is 1.82 bits per heavy atom. The molecule has 0 bridgehead atoms. The Balaban J connectivity index is 1.51. The van der Waals surface area contributed by atoms with Gasteiger partial charge in [-0.25, -0.2) is 0 Å². The number of ether oxygens (including phenoxy) is 1. The standard InChI is InChI=1S/C24H32N2O2/c1-18-10-11-23(19(2)14-18)28-20(3)24(27)25-16-21-8-7-9-22(15-21)17-26-12-5-4-6-13-26/h7-11,14-15,20H,4-6,12-13,16-17H2,1-3H3,(H,25,27). The van der Waals surface area contributed by atoms with Gasteiger partial charge in [0, 0.05) is 13.1 Å². The molecule has 2 aromatic rings.